The van der Waals surface area contributed by atoms with Gasteiger partial charge in [-0.2, -0.15) is 0 Å². The Labute approximate surface area is 132 Å². The Bertz CT molecular complexity index is 638. The van der Waals surface area contributed by atoms with E-state index in [1.807, 2.05) is 18.2 Å². The van der Waals surface area contributed by atoms with E-state index in [4.69, 9.17) is 0 Å². The van der Waals surface area contributed by atoms with Crippen LogP contribution < -0.4 is 4.72 Å². The Morgan fingerprint density at radius 1 is 1.05 bits per heavy atom. The molecule has 108 valence electrons. The van der Waals surface area contributed by atoms with Gasteiger partial charge in [0.25, 0.3) is 0 Å². The van der Waals surface area contributed by atoms with Crippen molar-refractivity contribution >= 4 is 37.3 Å². The van der Waals surface area contributed by atoms with Crippen molar-refractivity contribution in [3.05, 3.63) is 51.8 Å². The number of hydrogen-bond donors (Lipinski definition) is 1. The number of sulfonamides is 1. The predicted octanol–water partition coefficient (Wildman–Crippen LogP) is 3.81. The normalized spacial score (nSPS) is 11.7. The quantitative estimate of drug-likeness (QED) is 0.749. The molecule has 0 aliphatic rings. The van der Waals surface area contributed by atoms with Crippen molar-refractivity contribution in [2.24, 2.45) is 0 Å². The first-order chi connectivity index (χ1) is 9.58. The van der Waals surface area contributed by atoms with Gasteiger partial charge in [-0.25, -0.2) is 13.1 Å². The number of nitrogens with one attached hydrogen (secondary N) is 1. The summed E-state index contributed by atoms with van der Waals surface area (Å²) >= 11 is 4.49. The molecule has 0 saturated heterocycles. The van der Waals surface area contributed by atoms with Crippen molar-refractivity contribution in [1.29, 1.82) is 0 Å². The van der Waals surface area contributed by atoms with Crippen LogP contribution in [0.2, 0.25) is 0 Å². The molecule has 20 heavy (non-hydrogen) atoms. The first-order valence-corrected chi connectivity index (χ1v) is 9.46. The molecule has 2 aromatic rings. The summed E-state index contributed by atoms with van der Waals surface area (Å²) in [5, 5.41) is 0. The molecule has 0 bridgehead atoms. The first-order valence-electron chi connectivity index (χ1n) is 6.37. The van der Waals surface area contributed by atoms with Crippen molar-refractivity contribution in [3.63, 3.8) is 0 Å². The zero-order valence-electron chi connectivity index (χ0n) is 10.9. The van der Waals surface area contributed by atoms with Gasteiger partial charge in [0.15, 0.2) is 0 Å². The monoisotopic (exact) mass is 373 g/mol. The van der Waals surface area contributed by atoms with Gasteiger partial charge in [-0.15, -0.1) is 11.3 Å². The summed E-state index contributed by atoms with van der Waals surface area (Å²) < 4.78 is 27.7. The molecule has 1 heterocycles. The minimum Gasteiger partial charge on any atom is -0.210 e. The lowest BCUT2D eigenvalue weighted by Gasteiger charge is -2.05. The van der Waals surface area contributed by atoms with Crippen LogP contribution >= 0.6 is 27.3 Å². The molecule has 3 nitrogen and oxygen atoms in total. The summed E-state index contributed by atoms with van der Waals surface area (Å²) in [7, 11) is -3.35. The zero-order valence-corrected chi connectivity index (χ0v) is 14.1. The van der Waals surface area contributed by atoms with Crippen molar-refractivity contribution in [2.45, 2.75) is 23.5 Å². The molecule has 0 atom stereocenters. The van der Waals surface area contributed by atoms with E-state index in [1.54, 1.807) is 12.1 Å². The molecule has 0 unspecified atom stereocenters. The van der Waals surface area contributed by atoms with Crippen LogP contribution in [0.15, 0.2) is 50.5 Å². The topological polar surface area (TPSA) is 46.2 Å². The fraction of sp³-hybridized carbons (Fsp3) is 0.286. The summed E-state index contributed by atoms with van der Waals surface area (Å²) in [5.41, 5.74) is 1.29. The second kappa shape index (κ2) is 7.36. The highest BCUT2D eigenvalue weighted by Gasteiger charge is 2.15. The Balaban J connectivity index is 1.73. The van der Waals surface area contributed by atoms with Crippen molar-refractivity contribution < 1.29 is 8.42 Å². The molecule has 0 aliphatic carbocycles. The molecule has 0 amide bonds. The summed E-state index contributed by atoms with van der Waals surface area (Å²) in [6.45, 7) is 0.477. The Kier molecular flexibility index (Phi) is 5.77. The average Bonchev–Trinajstić information content (AvgIpc) is 2.87. The lowest BCUT2D eigenvalue weighted by atomic mass is 10.1. The number of halogens is 1. The van der Waals surface area contributed by atoms with E-state index < -0.39 is 10.0 Å². The van der Waals surface area contributed by atoms with Crippen LogP contribution in [0.1, 0.15) is 18.4 Å². The van der Waals surface area contributed by atoms with Crippen molar-refractivity contribution in [3.8, 4) is 0 Å². The number of aryl methyl sites for hydroxylation is 1. The van der Waals surface area contributed by atoms with Gasteiger partial charge < -0.3 is 0 Å². The lowest BCUT2D eigenvalue weighted by Crippen LogP contribution is -2.24. The van der Waals surface area contributed by atoms with E-state index in [9.17, 15) is 8.42 Å². The first kappa shape index (κ1) is 15.7. The van der Waals surface area contributed by atoms with Gasteiger partial charge in [-0.1, -0.05) is 30.3 Å². The van der Waals surface area contributed by atoms with Crippen molar-refractivity contribution in [2.75, 3.05) is 6.54 Å². The summed E-state index contributed by atoms with van der Waals surface area (Å²) in [6, 6.07) is 13.6. The number of unbranched alkanes of at least 4 members (excludes halogenated alkanes) is 1. The minimum atomic E-state index is -3.35. The third-order valence-corrected chi connectivity index (χ3v) is 6.42. The van der Waals surface area contributed by atoms with E-state index >= 15 is 0 Å². The standard InChI is InChI=1S/C14H16BrNO2S2/c15-13-9-10-14(19-13)20(17,18)16-11-5-4-8-12-6-2-1-3-7-12/h1-3,6-7,9-10,16H,4-5,8,11H2. The number of benzene rings is 1. The van der Waals surface area contributed by atoms with Crippen LogP contribution in [0.5, 0.6) is 0 Å². The van der Waals surface area contributed by atoms with Crippen LogP contribution in [0.3, 0.4) is 0 Å². The lowest BCUT2D eigenvalue weighted by molar-refractivity contribution is 0.579. The minimum absolute atomic E-state index is 0.354. The van der Waals surface area contributed by atoms with Gasteiger partial charge in [0.2, 0.25) is 10.0 Å². The van der Waals surface area contributed by atoms with Crippen LogP contribution in [0, 0.1) is 0 Å². The van der Waals surface area contributed by atoms with Crippen molar-refractivity contribution in [1.82, 2.24) is 4.72 Å². The second-order valence-corrected chi connectivity index (χ2v) is 8.86. The van der Waals surface area contributed by atoms with E-state index in [-0.39, 0.29) is 0 Å². The molecule has 0 spiro atoms. The molecule has 1 aromatic carbocycles. The Morgan fingerprint density at radius 2 is 1.80 bits per heavy atom. The van der Waals surface area contributed by atoms with E-state index in [0.29, 0.717) is 10.8 Å². The maximum atomic E-state index is 12.0. The molecule has 0 saturated carbocycles. The number of thiophene rings is 1. The molecular formula is C14H16BrNO2S2. The highest BCUT2D eigenvalue weighted by Crippen LogP contribution is 2.25. The van der Waals surface area contributed by atoms with Crippen LogP contribution in [-0.4, -0.2) is 15.0 Å². The molecule has 0 radical (unpaired) electrons. The smallest absolute Gasteiger partial charge is 0.210 e. The fourth-order valence-electron chi connectivity index (χ4n) is 1.82. The molecule has 2 rings (SSSR count). The number of rotatable bonds is 7. The van der Waals surface area contributed by atoms with Gasteiger partial charge >= 0.3 is 0 Å². The molecule has 1 N–H and O–H groups in total. The van der Waals surface area contributed by atoms with Crippen LogP contribution in [-0.2, 0) is 16.4 Å². The van der Waals surface area contributed by atoms with Gasteiger partial charge in [-0.3, -0.25) is 0 Å². The fourth-order valence-corrected chi connectivity index (χ4v) is 4.95. The maximum absolute atomic E-state index is 12.0. The van der Waals surface area contributed by atoms with E-state index in [2.05, 4.69) is 32.8 Å². The molecule has 1 aromatic heterocycles. The van der Waals surface area contributed by atoms with Gasteiger partial charge in [-0.05, 0) is 52.9 Å². The highest BCUT2D eigenvalue weighted by molar-refractivity contribution is 9.11. The van der Waals surface area contributed by atoms with Crippen LogP contribution in [0.4, 0.5) is 0 Å². The Morgan fingerprint density at radius 3 is 2.45 bits per heavy atom. The summed E-state index contributed by atoms with van der Waals surface area (Å²) in [6.07, 6.45) is 2.79. The molecule has 0 aliphatic heterocycles. The predicted molar refractivity (Wildman–Crippen MR) is 86.6 cm³/mol. The molecule has 6 heteroatoms. The van der Waals surface area contributed by atoms with Gasteiger partial charge in [0.05, 0.1) is 3.79 Å². The molecular weight excluding hydrogens is 358 g/mol. The largest absolute Gasteiger partial charge is 0.250 e. The zero-order chi connectivity index (χ0) is 14.4. The average molecular weight is 374 g/mol. The van der Waals surface area contributed by atoms with Gasteiger partial charge in [0, 0.05) is 6.54 Å². The second-order valence-electron chi connectivity index (χ2n) is 4.40. The summed E-state index contributed by atoms with van der Waals surface area (Å²) in [4.78, 5) is 0. The van der Waals surface area contributed by atoms with E-state index in [1.165, 1.54) is 16.9 Å². The highest BCUT2D eigenvalue weighted by atomic mass is 79.9. The molecule has 0 fully saturated rings. The SMILES string of the molecule is O=S(=O)(NCCCCc1ccccc1)c1ccc(Br)s1. The van der Waals surface area contributed by atoms with Gasteiger partial charge in [0.1, 0.15) is 4.21 Å². The number of hydrogen-bond acceptors (Lipinski definition) is 3. The van der Waals surface area contributed by atoms with E-state index in [0.717, 1.165) is 23.0 Å². The Hall–Kier alpha value is -0.690. The summed E-state index contributed by atoms with van der Waals surface area (Å²) in [5.74, 6) is 0. The third-order valence-electron chi connectivity index (χ3n) is 2.84. The third kappa shape index (κ3) is 4.70. The maximum Gasteiger partial charge on any atom is 0.250 e. The van der Waals surface area contributed by atoms with Crippen LogP contribution in [0.25, 0.3) is 0 Å².